The van der Waals surface area contributed by atoms with E-state index in [9.17, 15) is 13.2 Å². The molecule has 2 aromatic carbocycles. The Bertz CT molecular complexity index is 1170. The third kappa shape index (κ3) is 3.60. The molecule has 2 aromatic heterocycles. The maximum Gasteiger partial charge on any atom is 0.264 e. The van der Waals surface area contributed by atoms with Gasteiger partial charge in [0.15, 0.2) is 5.65 Å². The molecule has 0 N–H and O–H groups in total. The van der Waals surface area contributed by atoms with Gasteiger partial charge in [0.1, 0.15) is 5.82 Å². The standard InChI is InChI=1S/C22H17ClF3N3/c1-12(2)20-19-17(21(25)26)11-18(13-3-5-14(23)6-4-13)27-22(19)29(28-20)16-9-7-15(24)8-10-16/h3-12,21H,1-2H3. The number of benzene rings is 2. The van der Waals surface area contributed by atoms with E-state index < -0.39 is 12.2 Å². The first-order chi connectivity index (χ1) is 13.8. The van der Waals surface area contributed by atoms with Crippen LogP contribution in [0.3, 0.4) is 0 Å². The summed E-state index contributed by atoms with van der Waals surface area (Å²) in [6, 6.07) is 13.9. The Kier molecular flexibility index (Phi) is 5.04. The van der Waals surface area contributed by atoms with Crippen molar-refractivity contribution in [3.63, 3.8) is 0 Å². The van der Waals surface area contributed by atoms with Crippen molar-refractivity contribution in [3.8, 4) is 16.9 Å². The molecule has 0 unspecified atom stereocenters. The maximum absolute atomic E-state index is 14.0. The van der Waals surface area contributed by atoms with Crippen LogP contribution in [0.5, 0.6) is 0 Å². The first-order valence-electron chi connectivity index (χ1n) is 9.08. The van der Waals surface area contributed by atoms with Crippen LogP contribution >= 0.6 is 11.6 Å². The van der Waals surface area contributed by atoms with E-state index in [0.29, 0.717) is 38.7 Å². The van der Waals surface area contributed by atoms with Gasteiger partial charge in [-0.25, -0.2) is 22.8 Å². The van der Waals surface area contributed by atoms with Crippen molar-refractivity contribution in [1.29, 1.82) is 0 Å². The lowest BCUT2D eigenvalue weighted by Gasteiger charge is -2.10. The third-order valence-corrected chi connectivity index (χ3v) is 4.94. The molecule has 0 saturated heterocycles. The number of hydrogen-bond donors (Lipinski definition) is 0. The molecule has 0 amide bonds. The number of pyridine rings is 1. The second-order valence-electron chi connectivity index (χ2n) is 7.03. The molecule has 0 aliphatic carbocycles. The molecule has 0 bridgehead atoms. The molecule has 3 nitrogen and oxygen atoms in total. The van der Waals surface area contributed by atoms with Crippen LogP contribution in [0.15, 0.2) is 54.6 Å². The Balaban J connectivity index is 2.05. The van der Waals surface area contributed by atoms with Crippen molar-refractivity contribution < 1.29 is 13.2 Å². The molecule has 7 heteroatoms. The minimum Gasteiger partial charge on any atom is -0.228 e. The smallest absolute Gasteiger partial charge is 0.228 e. The fraction of sp³-hybridized carbons (Fsp3) is 0.182. The highest BCUT2D eigenvalue weighted by molar-refractivity contribution is 6.30. The Morgan fingerprint density at radius 2 is 1.62 bits per heavy atom. The number of halogens is 4. The van der Waals surface area contributed by atoms with E-state index in [1.807, 2.05) is 13.8 Å². The topological polar surface area (TPSA) is 30.7 Å². The first kappa shape index (κ1) is 19.5. The van der Waals surface area contributed by atoms with Gasteiger partial charge in [-0.1, -0.05) is 37.6 Å². The number of aromatic nitrogens is 3. The van der Waals surface area contributed by atoms with E-state index in [0.717, 1.165) is 0 Å². The van der Waals surface area contributed by atoms with Crippen LogP contribution in [0.25, 0.3) is 28.0 Å². The van der Waals surface area contributed by atoms with Crippen LogP contribution in [0.4, 0.5) is 13.2 Å². The molecular formula is C22H17ClF3N3. The fourth-order valence-corrected chi connectivity index (χ4v) is 3.40. The monoisotopic (exact) mass is 415 g/mol. The maximum atomic E-state index is 14.0. The summed E-state index contributed by atoms with van der Waals surface area (Å²) < 4.78 is 42.9. The van der Waals surface area contributed by atoms with E-state index in [2.05, 4.69) is 10.1 Å². The number of fused-ring (bicyclic) bond motifs is 1. The zero-order valence-corrected chi connectivity index (χ0v) is 16.5. The quantitative estimate of drug-likeness (QED) is 0.361. The molecule has 0 aliphatic heterocycles. The van der Waals surface area contributed by atoms with Crippen LogP contribution in [0.2, 0.25) is 5.02 Å². The van der Waals surface area contributed by atoms with Crippen molar-refractivity contribution in [1.82, 2.24) is 14.8 Å². The molecule has 4 aromatic rings. The second kappa shape index (κ2) is 7.52. The Morgan fingerprint density at radius 3 is 2.21 bits per heavy atom. The summed E-state index contributed by atoms with van der Waals surface area (Å²) in [5, 5.41) is 5.43. The van der Waals surface area contributed by atoms with Crippen molar-refractivity contribution in [2.45, 2.75) is 26.2 Å². The predicted octanol–water partition coefficient (Wildman–Crippen LogP) is 6.94. The van der Waals surface area contributed by atoms with Crippen LogP contribution in [-0.4, -0.2) is 14.8 Å². The highest BCUT2D eigenvalue weighted by Gasteiger charge is 2.24. The van der Waals surface area contributed by atoms with Gasteiger partial charge in [0, 0.05) is 16.1 Å². The van der Waals surface area contributed by atoms with Crippen LogP contribution in [-0.2, 0) is 0 Å². The zero-order valence-electron chi connectivity index (χ0n) is 15.7. The van der Waals surface area contributed by atoms with E-state index in [4.69, 9.17) is 11.6 Å². The average Bonchev–Trinajstić information content (AvgIpc) is 3.08. The molecule has 0 fully saturated rings. The van der Waals surface area contributed by atoms with Gasteiger partial charge in [0.05, 0.1) is 22.5 Å². The molecule has 29 heavy (non-hydrogen) atoms. The number of hydrogen-bond acceptors (Lipinski definition) is 2. The minimum atomic E-state index is -2.70. The van der Waals surface area contributed by atoms with Crippen molar-refractivity contribution in [2.75, 3.05) is 0 Å². The molecule has 0 aliphatic rings. The van der Waals surface area contributed by atoms with Gasteiger partial charge < -0.3 is 0 Å². The molecular weight excluding hydrogens is 399 g/mol. The zero-order chi connectivity index (χ0) is 20.7. The van der Waals surface area contributed by atoms with E-state index in [1.165, 1.54) is 22.9 Å². The Labute approximate surface area is 170 Å². The van der Waals surface area contributed by atoms with Crippen LogP contribution in [0.1, 0.15) is 37.4 Å². The minimum absolute atomic E-state index is 0.0973. The number of nitrogens with zero attached hydrogens (tertiary/aromatic N) is 3. The predicted molar refractivity (Wildman–Crippen MR) is 108 cm³/mol. The Hall–Kier alpha value is -2.86. The van der Waals surface area contributed by atoms with Gasteiger partial charge in [-0.15, -0.1) is 0 Å². The first-order valence-corrected chi connectivity index (χ1v) is 9.46. The number of alkyl halides is 2. The lowest BCUT2D eigenvalue weighted by Crippen LogP contribution is -2.00. The molecule has 2 heterocycles. The molecule has 0 saturated carbocycles. The molecule has 0 spiro atoms. The summed E-state index contributed by atoms with van der Waals surface area (Å²) in [4.78, 5) is 4.65. The van der Waals surface area contributed by atoms with Gasteiger partial charge in [-0.3, -0.25) is 0 Å². The van der Waals surface area contributed by atoms with Gasteiger partial charge in [-0.05, 0) is 48.4 Å². The molecule has 0 radical (unpaired) electrons. The fourth-order valence-electron chi connectivity index (χ4n) is 3.28. The highest BCUT2D eigenvalue weighted by Crippen LogP contribution is 2.36. The molecule has 0 atom stereocenters. The summed E-state index contributed by atoms with van der Waals surface area (Å²) in [6.07, 6.45) is -2.70. The van der Waals surface area contributed by atoms with Crippen molar-refractivity contribution in [2.24, 2.45) is 0 Å². The van der Waals surface area contributed by atoms with Gasteiger partial charge >= 0.3 is 0 Å². The lowest BCUT2D eigenvalue weighted by molar-refractivity contribution is 0.153. The summed E-state index contributed by atoms with van der Waals surface area (Å²) in [7, 11) is 0. The number of rotatable bonds is 4. The van der Waals surface area contributed by atoms with Gasteiger partial charge in [-0.2, -0.15) is 5.10 Å². The van der Waals surface area contributed by atoms with Crippen LogP contribution in [0, 0.1) is 5.82 Å². The van der Waals surface area contributed by atoms with Crippen molar-refractivity contribution in [3.05, 3.63) is 76.7 Å². The van der Waals surface area contributed by atoms with E-state index >= 15 is 0 Å². The molecule has 148 valence electrons. The average molecular weight is 416 g/mol. The summed E-state index contributed by atoms with van der Waals surface area (Å²) in [6.45, 7) is 3.78. The van der Waals surface area contributed by atoms with Crippen molar-refractivity contribution >= 4 is 22.6 Å². The lowest BCUT2D eigenvalue weighted by atomic mass is 10.0. The third-order valence-electron chi connectivity index (χ3n) is 4.69. The van der Waals surface area contributed by atoms with Crippen LogP contribution < -0.4 is 0 Å². The largest absolute Gasteiger partial charge is 0.264 e. The SMILES string of the molecule is CC(C)c1nn(-c2ccc(F)cc2)c2nc(-c3ccc(Cl)cc3)cc(C(F)F)c12. The second-order valence-corrected chi connectivity index (χ2v) is 7.47. The van der Waals surface area contributed by atoms with E-state index in [1.54, 1.807) is 36.4 Å². The summed E-state index contributed by atoms with van der Waals surface area (Å²) in [5.41, 5.74) is 2.30. The summed E-state index contributed by atoms with van der Waals surface area (Å²) in [5.74, 6) is -0.489. The van der Waals surface area contributed by atoms with Gasteiger partial charge in [0.2, 0.25) is 0 Å². The summed E-state index contributed by atoms with van der Waals surface area (Å²) >= 11 is 5.95. The Morgan fingerprint density at radius 1 is 0.966 bits per heavy atom. The highest BCUT2D eigenvalue weighted by atomic mass is 35.5. The van der Waals surface area contributed by atoms with E-state index in [-0.39, 0.29) is 11.5 Å². The normalized spacial score (nSPS) is 11.7. The molecule has 4 rings (SSSR count). The van der Waals surface area contributed by atoms with Gasteiger partial charge in [0.25, 0.3) is 6.43 Å².